The van der Waals surface area contributed by atoms with Crippen molar-refractivity contribution < 1.29 is 14.4 Å². The van der Waals surface area contributed by atoms with Crippen LogP contribution in [0.25, 0.3) is 0 Å². The van der Waals surface area contributed by atoms with Crippen LogP contribution in [-0.2, 0) is 14.4 Å². The Morgan fingerprint density at radius 3 is 2.42 bits per heavy atom. The second-order valence-electron chi connectivity index (χ2n) is 9.24. The number of allylic oxidation sites excluding steroid dienone is 2. The second kappa shape index (κ2) is 5.12. The van der Waals surface area contributed by atoms with Crippen LogP contribution >= 0.6 is 0 Å². The van der Waals surface area contributed by atoms with E-state index in [1.807, 2.05) is 6.08 Å². The van der Waals surface area contributed by atoms with Gasteiger partial charge >= 0.3 is 0 Å². The van der Waals surface area contributed by atoms with Crippen LogP contribution in [-0.4, -0.2) is 17.3 Å². The summed E-state index contributed by atoms with van der Waals surface area (Å²) < 4.78 is 0. The number of hydrogen-bond acceptors (Lipinski definition) is 3. The fraction of sp³-hybridized carbons (Fsp3) is 0.762. The van der Waals surface area contributed by atoms with E-state index in [1.54, 1.807) is 6.92 Å². The molecule has 3 nitrogen and oxygen atoms in total. The molecule has 6 atom stereocenters. The lowest BCUT2D eigenvalue weighted by Gasteiger charge is -2.55. The van der Waals surface area contributed by atoms with Gasteiger partial charge in [-0.3, -0.25) is 14.4 Å². The molecule has 0 N–H and O–H groups in total. The van der Waals surface area contributed by atoms with E-state index in [1.165, 1.54) is 5.57 Å². The highest BCUT2D eigenvalue weighted by molar-refractivity contribution is 5.98. The molecule has 130 valence electrons. The summed E-state index contributed by atoms with van der Waals surface area (Å²) in [5, 5.41) is 0. The van der Waals surface area contributed by atoms with Gasteiger partial charge in [0.05, 0.1) is 0 Å². The lowest BCUT2D eigenvalue weighted by atomic mass is 9.48. The molecule has 4 aliphatic rings. The van der Waals surface area contributed by atoms with Crippen molar-refractivity contribution in [1.82, 2.24) is 0 Å². The Bertz CT molecular complexity index is 660. The molecule has 24 heavy (non-hydrogen) atoms. The highest BCUT2D eigenvalue weighted by Crippen LogP contribution is 2.65. The number of rotatable bonds is 1. The standard InChI is InChI=1S/C21H28O3/c1-12(22)15-4-5-16-14-11-19(24)18-10-13(23)6-8-21(18,3)17(14)7-9-20(15,16)2/h11,15-18H,4-10H2,1-3H3/t15-,16+,17+,18?,20-,21-/m1/s1. The largest absolute Gasteiger partial charge is 0.300 e. The normalized spacial score (nSPS) is 47.5. The van der Waals surface area contributed by atoms with Crippen molar-refractivity contribution >= 4 is 17.3 Å². The molecule has 0 aromatic carbocycles. The maximum atomic E-state index is 12.8. The molecular weight excluding hydrogens is 300 g/mol. The molecule has 0 amide bonds. The number of fused-ring (bicyclic) bond motifs is 5. The van der Waals surface area contributed by atoms with Gasteiger partial charge in [-0.05, 0) is 67.8 Å². The molecular formula is C21H28O3. The van der Waals surface area contributed by atoms with Gasteiger partial charge in [0.15, 0.2) is 5.78 Å². The smallest absolute Gasteiger partial charge is 0.159 e. The van der Waals surface area contributed by atoms with Gasteiger partial charge in [-0.25, -0.2) is 0 Å². The van der Waals surface area contributed by atoms with Crippen molar-refractivity contribution in [3.63, 3.8) is 0 Å². The number of carbonyl (C=O) groups excluding carboxylic acids is 3. The molecule has 0 radical (unpaired) electrons. The zero-order valence-corrected chi connectivity index (χ0v) is 15.1. The number of Topliss-reactive ketones (excluding diaryl/α,β-unsaturated/α-hetero) is 2. The van der Waals surface area contributed by atoms with E-state index in [-0.39, 0.29) is 34.2 Å². The molecule has 4 aliphatic carbocycles. The average molecular weight is 328 g/mol. The summed E-state index contributed by atoms with van der Waals surface area (Å²) in [6.07, 6.45) is 7.97. The molecule has 4 rings (SSSR count). The summed E-state index contributed by atoms with van der Waals surface area (Å²) in [7, 11) is 0. The van der Waals surface area contributed by atoms with Gasteiger partial charge in [-0.2, -0.15) is 0 Å². The molecule has 3 heteroatoms. The molecule has 3 saturated carbocycles. The Balaban J connectivity index is 1.75. The molecule has 0 heterocycles. The summed E-state index contributed by atoms with van der Waals surface area (Å²) in [5.41, 5.74) is 1.30. The van der Waals surface area contributed by atoms with Gasteiger partial charge in [0.1, 0.15) is 11.6 Å². The van der Waals surface area contributed by atoms with Crippen molar-refractivity contribution in [3.8, 4) is 0 Å². The fourth-order valence-corrected chi connectivity index (χ4v) is 6.83. The lowest BCUT2D eigenvalue weighted by Crippen LogP contribution is -2.52. The van der Waals surface area contributed by atoms with Crippen LogP contribution < -0.4 is 0 Å². The Labute approximate surface area is 144 Å². The second-order valence-corrected chi connectivity index (χ2v) is 9.24. The predicted octanol–water partition coefficient (Wildman–Crippen LogP) is 3.90. The van der Waals surface area contributed by atoms with Gasteiger partial charge < -0.3 is 0 Å². The third kappa shape index (κ3) is 1.99. The fourth-order valence-electron chi connectivity index (χ4n) is 6.83. The quantitative estimate of drug-likeness (QED) is 0.733. The first kappa shape index (κ1) is 16.2. The maximum Gasteiger partial charge on any atom is 0.159 e. The van der Waals surface area contributed by atoms with E-state index in [9.17, 15) is 14.4 Å². The van der Waals surface area contributed by atoms with E-state index < -0.39 is 0 Å². The third-order valence-electron chi connectivity index (χ3n) is 8.22. The van der Waals surface area contributed by atoms with Crippen LogP contribution in [0.4, 0.5) is 0 Å². The van der Waals surface area contributed by atoms with Gasteiger partial charge in [0.25, 0.3) is 0 Å². The summed E-state index contributed by atoms with van der Waals surface area (Å²) in [5.74, 6) is 1.59. The van der Waals surface area contributed by atoms with E-state index in [2.05, 4.69) is 13.8 Å². The monoisotopic (exact) mass is 328 g/mol. The van der Waals surface area contributed by atoms with Crippen LogP contribution in [0.3, 0.4) is 0 Å². The minimum Gasteiger partial charge on any atom is -0.300 e. The molecule has 0 saturated heterocycles. The van der Waals surface area contributed by atoms with Crippen LogP contribution in [0.15, 0.2) is 11.6 Å². The first-order chi connectivity index (χ1) is 11.3. The Kier molecular flexibility index (Phi) is 3.47. The van der Waals surface area contributed by atoms with Crippen molar-refractivity contribution in [2.75, 3.05) is 0 Å². The van der Waals surface area contributed by atoms with Crippen LogP contribution in [0, 0.1) is 34.5 Å². The van der Waals surface area contributed by atoms with Crippen LogP contribution in [0.2, 0.25) is 0 Å². The molecule has 0 aromatic rings. The molecule has 0 aromatic heterocycles. The Morgan fingerprint density at radius 1 is 1.00 bits per heavy atom. The molecule has 1 unspecified atom stereocenters. The summed E-state index contributed by atoms with van der Waals surface area (Å²) in [6, 6.07) is 0. The molecule has 0 aliphatic heterocycles. The van der Waals surface area contributed by atoms with E-state index in [4.69, 9.17) is 0 Å². The van der Waals surface area contributed by atoms with Gasteiger partial charge in [-0.1, -0.05) is 19.4 Å². The van der Waals surface area contributed by atoms with E-state index >= 15 is 0 Å². The first-order valence-corrected chi connectivity index (χ1v) is 9.55. The minimum absolute atomic E-state index is 0.0299. The lowest BCUT2D eigenvalue weighted by molar-refractivity contribution is -0.138. The topological polar surface area (TPSA) is 51.2 Å². The maximum absolute atomic E-state index is 12.8. The Hall–Kier alpha value is -1.25. The summed E-state index contributed by atoms with van der Waals surface area (Å²) >= 11 is 0. The zero-order valence-electron chi connectivity index (χ0n) is 15.1. The predicted molar refractivity (Wildman–Crippen MR) is 91.3 cm³/mol. The van der Waals surface area contributed by atoms with E-state index in [0.29, 0.717) is 30.5 Å². The van der Waals surface area contributed by atoms with Gasteiger partial charge in [-0.15, -0.1) is 0 Å². The number of carbonyl (C=O) groups is 3. The minimum atomic E-state index is -0.109. The SMILES string of the molecule is CC(=O)[C@H]1CC[C@H]2C3=CC(=O)C4CC(=O)CC[C@]4(C)[C@H]3CC[C@]12C. The van der Waals surface area contributed by atoms with Crippen molar-refractivity contribution in [2.24, 2.45) is 34.5 Å². The number of ketones is 3. The van der Waals surface area contributed by atoms with Gasteiger partial charge in [0.2, 0.25) is 0 Å². The average Bonchev–Trinajstić information content (AvgIpc) is 2.87. The summed E-state index contributed by atoms with van der Waals surface area (Å²) in [4.78, 5) is 36.9. The Morgan fingerprint density at radius 2 is 1.71 bits per heavy atom. The highest BCUT2D eigenvalue weighted by Gasteiger charge is 2.59. The van der Waals surface area contributed by atoms with Crippen LogP contribution in [0.5, 0.6) is 0 Å². The van der Waals surface area contributed by atoms with Crippen molar-refractivity contribution in [3.05, 3.63) is 11.6 Å². The molecule has 3 fully saturated rings. The molecule has 0 bridgehead atoms. The first-order valence-electron chi connectivity index (χ1n) is 9.55. The summed E-state index contributed by atoms with van der Waals surface area (Å²) in [6.45, 7) is 6.26. The molecule has 0 spiro atoms. The third-order valence-corrected chi connectivity index (χ3v) is 8.22. The van der Waals surface area contributed by atoms with Crippen molar-refractivity contribution in [1.29, 1.82) is 0 Å². The zero-order chi connectivity index (χ0) is 17.3. The van der Waals surface area contributed by atoms with Crippen LogP contribution in [0.1, 0.15) is 65.7 Å². The number of hydrogen-bond donors (Lipinski definition) is 0. The van der Waals surface area contributed by atoms with Gasteiger partial charge in [0, 0.05) is 24.7 Å². The van der Waals surface area contributed by atoms with E-state index in [0.717, 1.165) is 32.1 Å². The van der Waals surface area contributed by atoms with Crippen molar-refractivity contribution in [2.45, 2.75) is 65.7 Å². The highest BCUT2D eigenvalue weighted by atomic mass is 16.1.